The van der Waals surface area contributed by atoms with Crippen LogP contribution in [0.2, 0.25) is 0 Å². The van der Waals surface area contributed by atoms with Gasteiger partial charge in [0.05, 0.1) is 19.0 Å². The van der Waals surface area contributed by atoms with Crippen LogP contribution in [0.5, 0.6) is 11.5 Å². The van der Waals surface area contributed by atoms with Crippen molar-refractivity contribution >= 4 is 33.4 Å². The Morgan fingerprint density at radius 1 is 1.35 bits per heavy atom. The van der Waals surface area contributed by atoms with Crippen LogP contribution in [-0.4, -0.2) is 30.8 Å². The van der Waals surface area contributed by atoms with Gasteiger partial charge in [-0.05, 0) is 30.5 Å². The first-order valence-electron chi connectivity index (χ1n) is 6.31. The second-order valence-electron chi connectivity index (χ2n) is 4.21. The topological polar surface area (TPSA) is 47.6 Å². The maximum atomic E-state index is 11.8. The second-order valence-corrected chi connectivity index (χ2v) is 5.69. The van der Waals surface area contributed by atoms with E-state index in [4.69, 9.17) is 21.1 Å². The third-order valence-electron chi connectivity index (χ3n) is 2.79. The van der Waals surface area contributed by atoms with E-state index in [1.165, 1.54) is 0 Å². The van der Waals surface area contributed by atoms with E-state index in [1.54, 1.807) is 14.2 Å². The Morgan fingerprint density at radius 2 is 2.05 bits per heavy atom. The Labute approximate surface area is 132 Å². The summed E-state index contributed by atoms with van der Waals surface area (Å²) in [6, 6.07) is 5.56. The summed E-state index contributed by atoms with van der Waals surface area (Å²) in [5.41, 5.74) is 0.952. The zero-order valence-electron chi connectivity index (χ0n) is 11.6. The van der Waals surface area contributed by atoms with Gasteiger partial charge in [0.1, 0.15) is 0 Å². The van der Waals surface area contributed by atoms with Crippen LogP contribution in [0.25, 0.3) is 0 Å². The Kier molecular flexibility index (Phi) is 7.77. The molecule has 6 heteroatoms. The van der Waals surface area contributed by atoms with Gasteiger partial charge >= 0.3 is 0 Å². The van der Waals surface area contributed by atoms with Gasteiger partial charge in [0.25, 0.3) is 0 Å². The van der Waals surface area contributed by atoms with Gasteiger partial charge in [0.15, 0.2) is 11.5 Å². The standard InChI is InChI=1S/C14H19BrClNO3/c1-19-12-6-5-10(8-13(12)20-2)9-17-14(18)11(15)4-3-7-16/h5-6,8,11H,3-4,7,9H2,1-2H3,(H,17,18)/t11-/m1/s1. The number of benzene rings is 1. The molecule has 1 atom stereocenters. The number of hydrogen-bond donors (Lipinski definition) is 1. The van der Waals surface area contributed by atoms with Gasteiger partial charge in [-0.15, -0.1) is 11.6 Å². The first-order chi connectivity index (χ1) is 9.62. The molecule has 1 N–H and O–H groups in total. The number of nitrogens with one attached hydrogen (secondary N) is 1. The van der Waals surface area contributed by atoms with Gasteiger partial charge in [-0.3, -0.25) is 4.79 Å². The average Bonchev–Trinajstić information content (AvgIpc) is 2.49. The molecule has 20 heavy (non-hydrogen) atoms. The molecular formula is C14H19BrClNO3. The van der Waals surface area contributed by atoms with Gasteiger partial charge in [0, 0.05) is 12.4 Å². The maximum Gasteiger partial charge on any atom is 0.234 e. The van der Waals surface area contributed by atoms with Crippen molar-refractivity contribution in [3.63, 3.8) is 0 Å². The van der Waals surface area contributed by atoms with Crippen molar-refractivity contribution in [1.82, 2.24) is 5.32 Å². The predicted molar refractivity (Wildman–Crippen MR) is 84.1 cm³/mol. The van der Waals surface area contributed by atoms with Crippen molar-refractivity contribution < 1.29 is 14.3 Å². The Balaban J connectivity index is 2.55. The Morgan fingerprint density at radius 3 is 2.65 bits per heavy atom. The van der Waals surface area contributed by atoms with E-state index in [1.807, 2.05) is 18.2 Å². The lowest BCUT2D eigenvalue weighted by Gasteiger charge is -2.12. The van der Waals surface area contributed by atoms with Gasteiger partial charge in [-0.2, -0.15) is 0 Å². The monoisotopic (exact) mass is 363 g/mol. The molecule has 112 valence electrons. The van der Waals surface area contributed by atoms with Crippen molar-refractivity contribution in [3.8, 4) is 11.5 Å². The molecule has 0 bridgehead atoms. The number of amides is 1. The zero-order chi connectivity index (χ0) is 15.0. The molecule has 1 amide bonds. The van der Waals surface area contributed by atoms with E-state index in [0.29, 0.717) is 23.9 Å². The van der Waals surface area contributed by atoms with Crippen LogP contribution in [0.4, 0.5) is 0 Å². The van der Waals surface area contributed by atoms with E-state index in [9.17, 15) is 4.79 Å². The molecule has 0 aliphatic heterocycles. The maximum absolute atomic E-state index is 11.8. The second kappa shape index (κ2) is 9.08. The molecule has 4 nitrogen and oxygen atoms in total. The largest absolute Gasteiger partial charge is 0.493 e. The number of alkyl halides is 2. The molecule has 1 aromatic rings. The molecule has 0 fully saturated rings. The first-order valence-corrected chi connectivity index (χ1v) is 7.76. The summed E-state index contributed by atoms with van der Waals surface area (Å²) in [4.78, 5) is 11.6. The molecular weight excluding hydrogens is 346 g/mol. The summed E-state index contributed by atoms with van der Waals surface area (Å²) < 4.78 is 10.4. The summed E-state index contributed by atoms with van der Waals surface area (Å²) >= 11 is 8.96. The van der Waals surface area contributed by atoms with Crippen molar-refractivity contribution in [2.45, 2.75) is 24.2 Å². The zero-order valence-corrected chi connectivity index (χ0v) is 14.0. The highest BCUT2D eigenvalue weighted by Crippen LogP contribution is 2.27. The first kappa shape index (κ1) is 17.1. The van der Waals surface area contributed by atoms with E-state index in [2.05, 4.69) is 21.2 Å². The summed E-state index contributed by atoms with van der Waals surface area (Å²) in [6.07, 6.45) is 1.53. The minimum absolute atomic E-state index is 0.0371. The van der Waals surface area contributed by atoms with Gasteiger partial charge in [-0.1, -0.05) is 22.0 Å². The van der Waals surface area contributed by atoms with E-state index in [-0.39, 0.29) is 10.7 Å². The number of carbonyl (C=O) groups is 1. The number of methoxy groups -OCH3 is 2. The lowest BCUT2D eigenvalue weighted by molar-refractivity contribution is -0.120. The summed E-state index contributed by atoms with van der Waals surface area (Å²) in [7, 11) is 3.17. The number of rotatable bonds is 8. The number of carbonyl (C=O) groups excluding carboxylic acids is 1. The summed E-state index contributed by atoms with van der Waals surface area (Å²) in [5, 5.41) is 2.87. The minimum atomic E-state index is -0.207. The van der Waals surface area contributed by atoms with E-state index >= 15 is 0 Å². The quantitative estimate of drug-likeness (QED) is 0.721. The number of halogens is 2. The van der Waals surface area contributed by atoms with Crippen molar-refractivity contribution in [3.05, 3.63) is 23.8 Å². The lowest BCUT2D eigenvalue weighted by Crippen LogP contribution is -2.30. The molecule has 0 aromatic heterocycles. The lowest BCUT2D eigenvalue weighted by atomic mass is 10.2. The van der Waals surface area contributed by atoms with Crippen molar-refractivity contribution in [1.29, 1.82) is 0 Å². The predicted octanol–water partition coefficient (Wildman–Crippen LogP) is 3.10. The highest BCUT2D eigenvalue weighted by molar-refractivity contribution is 9.10. The molecule has 0 radical (unpaired) electrons. The summed E-state index contributed by atoms with van der Waals surface area (Å²) in [5.74, 6) is 1.84. The molecule has 0 saturated carbocycles. The van der Waals surface area contributed by atoms with Crippen molar-refractivity contribution in [2.75, 3.05) is 20.1 Å². The molecule has 0 heterocycles. The van der Waals surface area contributed by atoms with Gasteiger partial charge in [-0.25, -0.2) is 0 Å². The molecule has 0 saturated heterocycles. The van der Waals surface area contributed by atoms with Crippen LogP contribution in [-0.2, 0) is 11.3 Å². The Hall–Kier alpha value is -0.940. The SMILES string of the molecule is COc1ccc(CNC(=O)[C@H](Br)CCCCl)cc1OC. The van der Waals surface area contributed by atoms with Crippen LogP contribution in [0.1, 0.15) is 18.4 Å². The van der Waals surface area contributed by atoms with Crippen LogP contribution in [0.15, 0.2) is 18.2 Å². The summed E-state index contributed by atoms with van der Waals surface area (Å²) in [6.45, 7) is 0.447. The molecule has 0 spiro atoms. The smallest absolute Gasteiger partial charge is 0.234 e. The minimum Gasteiger partial charge on any atom is -0.493 e. The third-order valence-corrected chi connectivity index (χ3v) is 3.93. The molecule has 1 rings (SSSR count). The molecule has 0 aliphatic carbocycles. The van der Waals surface area contributed by atoms with Crippen LogP contribution in [0.3, 0.4) is 0 Å². The van der Waals surface area contributed by atoms with Crippen LogP contribution >= 0.6 is 27.5 Å². The number of ether oxygens (including phenoxy) is 2. The van der Waals surface area contributed by atoms with Crippen LogP contribution in [0, 0.1) is 0 Å². The van der Waals surface area contributed by atoms with Crippen molar-refractivity contribution in [2.24, 2.45) is 0 Å². The fourth-order valence-electron chi connectivity index (χ4n) is 1.68. The average molecular weight is 365 g/mol. The number of hydrogen-bond acceptors (Lipinski definition) is 3. The van der Waals surface area contributed by atoms with E-state index < -0.39 is 0 Å². The molecule has 0 unspecified atom stereocenters. The van der Waals surface area contributed by atoms with Gasteiger partial charge in [0.2, 0.25) is 5.91 Å². The normalized spacial score (nSPS) is 11.8. The fraction of sp³-hybridized carbons (Fsp3) is 0.500. The highest BCUT2D eigenvalue weighted by atomic mass is 79.9. The highest BCUT2D eigenvalue weighted by Gasteiger charge is 2.14. The third kappa shape index (κ3) is 5.21. The Bertz CT molecular complexity index is 442. The molecule has 1 aromatic carbocycles. The molecule has 0 aliphatic rings. The van der Waals surface area contributed by atoms with E-state index in [0.717, 1.165) is 18.4 Å². The van der Waals surface area contributed by atoms with Crippen LogP contribution < -0.4 is 14.8 Å². The van der Waals surface area contributed by atoms with Gasteiger partial charge < -0.3 is 14.8 Å². The fourth-order valence-corrected chi connectivity index (χ4v) is 2.32.